The molecule has 0 aliphatic carbocycles. The summed E-state index contributed by atoms with van der Waals surface area (Å²) in [5, 5.41) is 2.59. The number of aryl methyl sites for hydroxylation is 1. The number of aromatic nitrogens is 1. The first-order valence-electron chi connectivity index (χ1n) is 5.96. The lowest BCUT2D eigenvalue weighted by Gasteiger charge is -1.99. The summed E-state index contributed by atoms with van der Waals surface area (Å²) in [6, 6.07) is 8.24. The maximum absolute atomic E-state index is 11.5. The molecule has 18 heavy (non-hydrogen) atoms. The van der Waals surface area contributed by atoms with E-state index >= 15 is 0 Å². The van der Waals surface area contributed by atoms with Gasteiger partial charge in [-0.15, -0.1) is 11.3 Å². The van der Waals surface area contributed by atoms with Gasteiger partial charge in [-0.3, -0.25) is 0 Å². The van der Waals surface area contributed by atoms with E-state index in [9.17, 15) is 4.79 Å². The zero-order valence-electron chi connectivity index (χ0n) is 10.5. The lowest BCUT2D eigenvalue weighted by molar-refractivity contribution is 0.0520. The number of thiazole rings is 1. The molecule has 0 aliphatic heterocycles. The van der Waals surface area contributed by atoms with E-state index in [4.69, 9.17) is 4.74 Å². The molecule has 1 aromatic carbocycles. The summed E-state index contributed by atoms with van der Waals surface area (Å²) < 4.78 is 4.92. The van der Waals surface area contributed by atoms with Crippen molar-refractivity contribution in [3.63, 3.8) is 0 Å². The molecule has 0 saturated carbocycles. The van der Waals surface area contributed by atoms with Gasteiger partial charge in [-0.2, -0.15) is 0 Å². The Hall–Kier alpha value is -1.68. The summed E-state index contributed by atoms with van der Waals surface area (Å²) in [4.78, 5) is 15.8. The van der Waals surface area contributed by atoms with Crippen molar-refractivity contribution in [2.45, 2.75) is 20.3 Å². The van der Waals surface area contributed by atoms with Crippen LogP contribution in [-0.2, 0) is 11.2 Å². The van der Waals surface area contributed by atoms with Gasteiger partial charge < -0.3 is 4.74 Å². The van der Waals surface area contributed by atoms with E-state index < -0.39 is 0 Å². The summed E-state index contributed by atoms with van der Waals surface area (Å²) >= 11 is 1.46. The van der Waals surface area contributed by atoms with Crippen LogP contribution in [0, 0.1) is 0 Å². The minimum absolute atomic E-state index is 0.356. The van der Waals surface area contributed by atoms with Crippen molar-refractivity contribution in [3.8, 4) is 10.6 Å². The molecule has 0 unspecified atom stereocenters. The van der Waals surface area contributed by atoms with E-state index in [0.29, 0.717) is 12.3 Å². The van der Waals surface area contributed by atoms with Crippen LogP contribution < -0.4 is 0 Å². The number of carbonyl (C=O) groups excluding carboxylic acids is 1. The Bertz CT molecular complexity index is 531. The van der Waals surface area contributed by atoms with E-state index in [-0.39, 0.29) is 5.97 Å². The summed E-state index contributed by atoms with van der Waals surface area (Å²) in [6.45, 7) is 4.28. The number of rotatable bonds is 4. The first-order chi connectivity index (χ1) is 8.74. The van der Waals surface area contributed by atoms with Crippen molar-refractivity contribution in [1.82, 2.24) is 4.98 Å². The topological polar surface area (TPSA) is 39.2 Å². The number of ether oxygens (including phenoxy) is 1. The van der Waals surface area contributed by atoms with Crippen molar-refractivity contribution in [2.24, 2.45) is 0 Å². The Kier molecular flexibility index (Phi) is 4.10. The summed E-state index contributed by atoms with van der Waals surface area (Å²) in [7, 11) is 0. The van der Waals surface area contributed by atoms with Gasteiger partial charge in [-0.05, 0) is 18.9 Å². The number of nitrogens with zero attached hydrogens (tertiary/aromatic N) is 1. The Morgan fingerprint density at radius 1 is 1.28 bits per heavy atom. The average molecular weight is 261 g/mol. The number of esters is 1. The lowest BCUT2D eigenvalue weighted by Crippen LogP contribution is -2.04. The molecule has 94 valence electrons. The van der Waals surface area contributed by atoms with Crippen LogP contribution >= 0.6 is 11.3 Å². The first-order valence-corrected chi connectivity index (χ1v) is 6.84. The maximum Gasteiger partial charge on any atom is 0.357 e. The minimum atomic E-state index is -0.356. The van der Waals surface area contributed by atoms with Crippen molar-refractivity contribution in [1.29, 1.82) is 0 Å². The number of benzene rings is 1. The van der Waals surface area contributed by atoms with Gasteiger partial charge >= 0.3 is 5.97 Å². The maximum atomic E-state index is 11.5. The predicted octanol–water partition coefficient (Wildman–Crippen LogP) is 3.55. The Labute approximate surface area is 110 Å². The Balaban J connectivity index is 2.20. The smallest absolute Gasteiger partial charge is 0.357 e. The molecule has 2 rings (SSSR count). The number of hydrogen-bond donors (Lipinski definition) is 0. The van der Waals surface area contributed by atoms with E-state index in [0.717, 1.165) is 17.0 Å². The van der Waals surface area contributed by atoms with Gasteiger partial charge in [0.2, 0.25) is 0 Å². The molecular weight excluding hydrogens is 246 g/mol. The molecule has 0 aliphatic rings. The molecule has 0 radical (unpaired) electrons. The molecule has 0 atom stereocenters. The number of hydrogen-bond acceptors (Lipinski definition) is 4. The SMILES string of the molecule is CCOC(=O)c1csc(-c2ccc(CC)cc2)n1. The van der Waals surface area contributed by atoms with Gasteiger partial charge in [0.05, 0.1) is 6.61 Å². The van der Waals surface area contributed by atoms with Crippen LogP contribution in [0.1, 0.15) is 29.9 Å². The highest BCUT2D eigenvalue weighted by molar-refractivity contribution is 7.13. The van der Waals surface area contributed by atoms with E-state index in [2.05, 4.69) is 24.0 Å². The van der Waals surface area contributed by atoms with E-state index in [1.807, 2.05) is 12.1 Å². The molecule has 1 heterocycles. The van der Waals surface area contributed by atoms with Crippen molar-refractivity contribution in [3.05, 3.63) is 40.9 Å². The van der Waals surface area contributed by atoms with Gasteiger partial charge in [-0.25, -0.2) is 9.78 Å². The largest absolute Gasteiger partial charge is 0.461 e. The van der Waals surface area contributed by atoms with Crippen LogP contribution in [-0.4, -0.2) is 17.6 Å². The molecular formula is C14H15NO2S. The van der Waals surface area contributed by atoms with Gasteiger partial charge in [0.15, 0.2) is 5.69 Å². The molecule has 0 N–H and O–H groups in total. The zero-order valence-corrected chi connectivity index (χ0v) is 11.3. The third-order valence-corrected chi connectivity index (χ3v) is 3.49. The molecule has 0 bridgehead atoms. The van der Waals surface area contributed by atoms with Crippen LogP contribution in [0.4, 0.5) is 0 Å². The second-order valence-electron chi connectivity index (χ2n) is 3.81. The van der Waals surface area contributed by atoms with Gasteiger partial charge in [0, 0.05) is 10.9 Å². The van der Waals surface area contributed by atoms with Crippen molar-refractivity contribution in [2.75, 3.05) is 6.61 Å². The zero-order chi connectivity index (χ0) is 13.0. The second-order valence-corrected chi connectivity index (χ2v) is 4.67. The third-order valence-electron chi connectivity index (χ3n) is 2.60. The summed E-state index contributed by atoms with van der Waals surface area (Å²) in [6.07, 6.45) is 1.02. The minimum Gasteiger partial charge on any atom is -0.461 e. The third kappa shape index (κ3) is 2.76. The Morgan fingerprint density at radius 2 is 2.00 bits per heavy atom. The highest BCUT2D eigenvalue weighted by atomic mass is 32.1. The fourth-order valence-corrected chi connectivity index (χ4v) is 2.38. The predicted molar refractivity (Wildman–Crippen MR) is 72.9 cm³/mol. The van der Waals surface area contributed by atoms with Crippen LogP contribution in [0.5, 0.6) is 0 Å². The fraction of sp³-hybridized carbons (Fsp3) is 0.286. The van der Waals surface area contributed by atoms with Crippen LogP contribution in [0.15, 0.2) is 29.6 Å². The molecule has 0 spiro atoms. The summed E-state index contributed by atoms with van der Waals surface area (Å²) in [5.41, 5.74) is 2.71. The normalized spacial score (nSPS) is 10.3. The van der Waals surface area contributed by atoms with Gasteiger partial charge in [0.25, 0.3) is 0 Å². The average Bonchev–Trinajstić information content (AvgIpc) is 2.89. The molecule has 1 aromatic heterocycles. The van der Waals surface area contributed by atoms with Gasteiger partial charge in [0.1, 0.15) is 5.01 Å². The second kappa shape index (κ2) is 5.78. The monoisotopic (exact) mass is 261 g/mol. The molecule has 3 nitrogen and oxygen atoms in total. The first kappa shape index (κ1) is 12.8. The van der Waals surface area contributed by atoms with Crippen LogP contribution in [0.25, 0.3) is 10.6 Å². The summed E-state index contributed by atoms with van der Waals surface area (Å²) in [5.74, 6) is -0.356. The lowest BCUT2D eigenvalue weighted by atomic mass is 10.1. The van der Waals surface area contributed by atoms with Crippen molar-refractivity contribution < 1.29 is 9.53 Å². The van der Waals surface area contributed by atoms with E-state index in [1.54, 1.807) is 12.3 Å². The number of carbonyl (C=O) groups is 1. The molecule has 0 saturated heterocycles. The highest BCUT2D eigenvalue weighted by Gasteiger charge is 2.12. The van der Waals surface area contributed by atoms with Gasteiger partial charge in [-0.1, -0.05) is 31.2 Å². The Morgan fingerprint density at radius 3 is 2.61 bits per heavy atom. The van der Waals surface area contributed by atoms with Crippen LogP contribution in [0.3, 0.4) is 0 Å². The fourth-order valence-electron chi connectivity index (χ4n) is 1.59. The van der Waals surface area contributed by atoms with Crippen LogP contribution in [0.2, 0.25) is 0 Å². The molecule has 2 aromatic rings. The molecule has 0 fully saturated rings. The quantitative estimate of drug-likeness (QED) is 0.790. The molecule has 4 heteroatoms. The van der Waals surface area contributed by atoms with Crippen molar-refractivity contribution >= 4 is 17.3 Å². The molecule has 0 amide bonds. The highest BCUT2D eigenvalue weighted by Crippen LogP contribution is 2.24. The van der Waals surface area contributed by atoms with E-state index in [1.165, 1.54) is 16.9 Å². The standard InChI is InChI=1S/C14H15NO2S/c1-3-10-5-7-11(8-6-10)13-15-12(9-18-13)14(16)17-4-2/h5-9H,3-4H2,1-2H3.